The molecule has 0 aliphatic heterocycles. The number of benzene rings is 7. The van der Waals surface area contributed by atoms with Crippen molar-refractivity contribution in [2.75, 3.05) is 0 Å². The monoisotopic (exact) mass is 631 g/mol. The van der Waals surface area contributed by atoms with Gasteiger partial charge < -0.3 is 4.42 Å². The van der Waals surface area contributed by atoms with E-state index >= 15 is 0 Å². The van der Waals surface area contributed by atoms with Crippen LogP contribution in [0.15, 0.2) is 156 Å². The van der Waals surface area contributed by atoms with Gasteiger partial charge >= 0.3 is 0 Å². The molecule has 7 aromatic carbocycles. The van der Waals surface area contributed by atoms with E-state index in [1.165, 1.54) is 30.9 Å². The predicted molar refractivity (Wildman–Crippen MR) is 199 cm³/mol. The molecule has 0 atom stereocenters. The Hall–Kier alpha value is -6.17. The molecule has 0 radical (unpaired) electrons. The summed E-state index contributed by atoms with van der Waals surface area (Å²) in [5.41, 5.74) is 6.67. The molecule has 0 amide bonds. The molecule has 0 N–H and O–H groups in total. The molecule has 5 heteroatoms. The Morgan fingerprint density at radius 1 is 0.396 bits per heavy atom. The summed E-state index contributed by atoms with van der Waals surface area (Å²) >= 11 is 1.80. The van der Waals surface area contributed by atoms with Gasteiger partial charge in [0.1, 0.15) is 11.2 Å². The van der Waals surface area contributed by atoms with E-state index in [0.29, 0.717) is 17.5 Å². The maximum Gasteiger partial charge on any atom is 0.164 e. The van der Waals surface area contributed by atoms with Gasteiger partial charge in [-0.15, -0.1) is 11.3 Å². The topological polar surface area (TPSA) is 51.8 Å². The van der Waals surface area contributed by atoms with Crippen molar-refractivity contribution in [2.45, 2.75) is 0 Å². The van der Waals surface area contributed by atoms with Crippen molar-refractivity contribution in [1.82, 2.24) is 15.0 Å². The number of thiophene rings is 1. The van der Waals surface area contributed by atoms with Gasteiger partial charge in [0.25, 0.3) is 0 Å². The minimum absolute atomic E-state index is 0.602. The Kier molecular flexibility index (Phi) is 6.01. The normalized spacial score (nSPS) is 11.8. The third kappa shape index (κ3) is 4.33. The molecule has 0 fully saturated rings. The average Bonchev–Trinajstić information content (AvgIpc) is 3.71. The first-order valence-electron chi connectivity index (χ1n) is 15.9. The number of hydrogen-bond acceptors (Lipinski definition) is 5. The highest BCUT2D eigenvalue weighted by molar-refractivity contribution is 7.25. The molecule has 4 nitrogen and oxygen atoms in total. The van der Waals surface area contributed by atoms with Crippen molar-refractivity contribution in [3.63, 3.8) is 0 Å². The summed E-state index contributed by atoms with van der Waals surface area (Å²) in [6.45, 7) is 0. The number of hydrogen-bond donors (Lipinski definition) is 0. The maximum atomic E-state index is 6.75. The van der Waals surface area contributed by atoms with Crippen LogP contribution in [0.4, 0.5) is 0 Å². The van der Waals surface area contributed by atoms with Crippen molar-refractivity contribution in [3.05, 3.63) is 152 Å². The quantitative estimate of drug-likeness (QED) is 0.194. The van der Waals surface area contributed by atoms with Gasteiger partial charge in [-0.25, -0.2) is 15.0 Å². The van der Waals surface area contributed by atoms with Crippen LogP contribution in [0.25, 0.3) is 98.2 Å². The molecule has 0 saturated heterocycles. The molecule has 3 heterocycles. The summed E-state index contributed by atoms with van der Waals surface area (Å²) in [4.78, 5) is 15.1. The van der Waals surface area contributed by atoms with Gasteiger partial charge in [0.15, 0.2) is 17.5 Å². The van der Waals surface area contributed by atoms with E-state index in [4.69, 9.17) is 19.4 Å². The zero-order valence-electron chi connectivity index (χ0n) is 25.6. The van der Waals surface area contributed by atoms with Crippen molar-refractivity contribution in [1.29, 1.82) is 0 Å². The first-order chi connectivity index (χ1) is 23.8. The second-order valence-electron chi connectivity index (χ2n) is 12.0. The Morgan fingerprint density at radius 3 is 1.79 bits per heavy atom. The summed E-state index contributed by atoms with van der Waals surface area (Å²) in [5, 5.41) is 6.95. The molecular formula is C43H25N3OS. The largest absolute Gasteiger partial charge is 0.455 e. The highest BCUT2D eigenvalue weighted by Gasteiger charge is 2.19. The minimum atomic E-state index is 0.602. The number of fused-ring (bicyclic) bond motifs is 7. The Bertz CT molecular complexity index is 2840. The van der Waals surface area contributed by atoms with Crippen LogP contribution in [0.1, 0.15) is 0 Å². The summed E-state index contributed by atoms with van der Waals surface area (Å²) in [6.07, 6.45) is 0. The smallest absolute Gasteiger partial charge is 0.164 e. The summed E-state index contributed by atoms with van der Waals surface area (Å²) in [5.74, 6) is 1.87. The number of furan rings is 1. The summed E-state index contributed by atoms with van der Waals surface area (Å²) in [6, 6.07) is 52.7. The fraction of sp³-hybridized carbons (Fsp3) is 0. The van der Waals surface area contributed by atoms with E-state index in [-0.39, 0.29) is 0 Å². The van der Waals surface area contributed by atoms with E-state index in [9.17, 15) is 0 Å². The molecule has 0 saturated carbocycles. The molecule has 3 aromatic heterocycles. The molecular weight excluding hydrogens is 607 g/mol. The zero-order chi connectivity index (χ0) is 31.6. The van der Waals surface area contributed by atoms with Crippen LogP contribution in [0.5, 0.6) is 0 Å². The van der Waals surface area contributed by atoms with Crippen LogP contribution in [0.2, 0.25) is 0 Å². The van der Waals surface area contributed by atoms with Crippen molar-refractivity contribution in [3.8, 4) is 45.3 Å². The third-order valence-electron chi connectivity index (χ3n) is 9.11. The summed E-state index contributed by atoms with van der Waals surface area (Å²) < 4.78 is 9.27. The Labute approximate surface area is 279 Å². The molecule has 10 rings (SSSR count). The van der Waals surface area contributed by atoms with E-state index in [0.717, 1.165) is 49.8 Å². The first kappa shape index (κ1) is 27.0. The van der Waals surface area contributed by atoms with Crippen molar-refractivity contribution >= 4 is 64.2 Å². The molecule has 0 unspecified atom stereocenters. The third-order valence-corrected chi connectivity index (χ3v) is 10.3. The van der Waals surface area contributed by atoms with Gasteiger partial charge in [-0.1, -0.05) is 109 Å². The lowest BCUT2D eigenvalue weighted by molar-refractivity contribution is 0.670. The fourth-order valence-electron chi connectivity index (χ4n) is 6.82. The number of nitrogens with zero attached hydrogens (tertiary/aromatic N) is 3. The molecule has 0 spiro atoms. The second-order valence-corrected chi connectivity index (χ2v) is 13.1. The molecule has 224 valence electrons. The summed E-state index contributed by atoms with van der Waals surface area (Å²) in [7, 11) is 0. The van der Waals surface area contributed by atoms with Gasteiger partial charge in [0.05, 0.1) is 0 Å². The second kappa shape index (κ2) is 10.7. The van der Waals surface area contributed by atoms with Crippen LogP contribution < -0.4 is 0 Å². The Balaban J connectivity index is 1.18. The van der Waals surface area contributed by atoms with Crippen LogP contribution in [-0.2, 0) is 0 Å². The van der Waals surface area contributed by atoms with Gasteiger partial charge in [0, 0.05) is 53.2 Å². The molecule has 0 bridgehead atoms. The van der Waals surface area contributed by atoms with Crippen LogP contribution >= 0.6 is 11.3 Å². The molecule has 48 heavy (non-hydrogen) atoms. The van der Waals surface area contributed by atoms with Crippen molar-refractivity contribution < 1.29 is 4.42 Å². The van der Waals surface area contributed by atoms with Gasteiger partial charge in [-0.2, -0.15) is 0 Å². The van der Waals surface area contributed by atoms with Crippen LogP contribution in [-0.4, -0.2) is 15.0 Å². The van der Waals surface area contributed by atoms with Crippen LogP contribution in [0.3, 0.4) is 0 Å². The van der Waals surface area contributed by atoms with Crippen LogP contribution in [0, 0.1) is 0 Å². The van der Waals surface area contributed by atoms with Gasteiger partial charge in [-0.3, -0.25) is 0 Å². The van der Waals surface area contributed by atoms with Gasteiger partial charge in [0.2, 0.25) is 0 Å². The fourth-order valence-corrected chi connectivity index (χ4v) is 7.91. The average molecular weight is 632 g/mol. The van der Waals surface area contributed by atoms with E-state index in [2.05, 4.69) is 115 Å². The SMILES string of the molecule is c1ccc(-c2nc(-c3ccc4c(c3)oc3c(-c5ccccc5)c5ccccc5cc34)nc(-c3ccc4sc5ccccc5c4c3)n2)cc1. The highest BCUT2D eigenvalue weighted by Crippen LogP contribution is 2.42. The Morgan fingerprint density at radius 2 is 1.00 bits per heavy atom. The molecule has 0 aliphatic rings. The lowest BCUT2D eigenvalue weighted by atomic mass is 9.95. The minimum Gasteiger partial charge on any atom is -0.455 e. The van der Waals surface area contributed by atoms with E-state index in [1.807, 2.05) is 36.4 Å². The molecule has 0 aliphatic carbocycles. The highest BCUT2D eigenvalue weighted by atomic mass is 32.1. The number of aromatic nitrogens is 3. The lowest BCUT2D eigenvalue weighted by Crippen LogP contribution is -2.00. The van der Waals surface area contributed by atoms with E-state index in [1.54, 1.807) is 11.3 Å². The van der Waals surface area contributed by atoms with Crippen molar-refractivity contribution in [2.24, 2.45) is 0 Å². The molecule has 10 aromatic rings. The standard InChI is InChI=1S/C43H25N3OS/c1-3-11-26(12-4-1)39-31-16-8-7-15-28(31)23-35-32-21-19-30(25-36(32)47-40(35)39)43-45-41(27-13-5-2-6-14-27)44-42(46-43)29-20-22-38-34(24-29)33-17-9-10-18-37(33)48-38/h1-25H. The predicted octanol–water partition coefficient (Wildman–Crippen LogP) is 12.0. The lowest BCUT2D eigenvalue weighted by Gasteiger charge is -2.09. The van der Waals surface area contributed by atoms with Gasteiger partial charge in [-0.05, 0) is 58.8 Å². The zero-order valence-corrected chi connectivity index (χ0v) is 26.4. The van der Waals surface area contributed by atoms with E-state index < -0.39 is 0 Å². The maximum absolute atomic E-state index is 6.75. The first-order valence-corrected chi connectivity index (χ1v) is 16.8. The number of rotatable bonds is 4.